The molecule has 0 bridgehead atoms. The molecule has 2 N–H and O–H groups in total. The van der Waals surface area contributed by atoms with Gasteiger partial charge in [-0.25, -0.2) is 4.79 Å². The number of ether oxygens (including phenoxy) is 1. The van der Waals surface area contributed by atoms with Crippen LogP contribution in [0.2, 0.25) is 0 Å². The summed E-state index contributed by atoms with van der Waals surface area (Å²) in [5.41, 5.74) is 0.567. The van der Waals surface area contributed by atoms with Gasteiger partial charge in [0.05, 0.1) is 6.54 Å². The molecule has 0 saturated carbocycles. The summed E-state index contributed by atoms with van der Waals surface area (Å²) in [4.78, 5) is 62.9. The highest BCUT2D eigenvalue weighted by atomic mass is 16.5. The van der Waals surface area contributed by atoms with Crippen molar-refractivity contribution >= 4 is 29.7 Å². The molecule has 5 amide bonds. The number of amides is 5. The Hall–Kier alpha value is -3.43. The monoisotopic (exact) mass is 416 g/mol. The molecule has 1 aliphatic carbocycles. The maximum Gasteiger partial charge on any atom is 0.326 e. The van der Waals surface area contributed by atoms with E-state index < -0.39 is 42.5 Å². The number of likely N-dealkylation sites (N-methyl/N-ethyl adjacent to an activating group) is 1. The summed E-state index contributed by atoms with van der Waals surface area (Å²) in [6.45, 7) is -1.44. The molecule has 1 aliphatic heterocycles. The van der Waals surface area contributed by atoms with Gasteiger partial charge in [-0.2, -0.15) is 0 Å². The minimum Gasteiger partial charge on any atom is -0.454 e. The molecular formula is C20H24N4O6. The first-order valence-electron chi connectivity index (χ1n) is 9.59. The lowest BCUT2D eigenvalue weighted by Gasteiger charge is -2.33. The van der Waals surface area contributed by atoms with E-state index in [4.69, 9.17) is 4.74 Å². The molecule has 1 aromatic carbocycles. The maximum atomic E-state index is 13.1. The van der Waals surface area contributed by atoms with Crippen molar-refractivity contribution in [2.45, 2.75) is 24.8 Å². The number of carbonyl (C=O) groups excluding carboxylic acids is 5. The predicted octanol–water partition coefficient (Wildman–Crippen LogP) is -0.482. The second-order valence-corrected chi connectivity index (χ2v) is 7.46. The first kappa shape index (κ1) is 21.3. The van der Waals surface area contributed by atoms with Gasteiger partial charge in [0.1, 0.15) is 12.1 Å². The van der Waals surface area contributed by atoms with Crippen LogP contribution in [0.1, 0.15) is 24.0 Å². The summed E-state index contributed by atoms with van der Waals surface area (Å²) in [6.07, 6.45) is 1.99. The van der Waals surface area contributed by atoms with Gasteiger partial charge in [-0.3, -0.25) is 24.1 Å². The lowest BCUT2D eigenvalue weighted by Crippen LogP contribution is -2.47. The average molecular weight is 416 g/mol. The second-order valence-electron chi connectivity index (χ2n) is 7.46. The van der Waals surface area contributed by atoms with Crippen molar-refractivity contribution in [1.29, 1.82) is 0 Å². The van der Waals surface area contributed by atoms with Crippen molar-refractivity contribution in [3.63, 3.8) is 0 Å². The Balaban J connectivity index is 1.58. The summed E-state index contributed by atoms with van der Waals surface area (Å²) in [6, 6.07) is 6.75. The number of nitrogens with zero attached hydrogens (tertiary/aromatic N) is 2. The third-order valence-electron chi connectivity index (χ3n) is 5.24. The van der Waals surface area contributed by atoms with Gasteiger partial charge in [0.15, 0.2) is 6.61 Å². The Kier molecular flexibility index (Phi) is 6.04. The van der Waals surface area contributed by atoms with Crippen molar-refractivity contribution in [1.82, 2.24) is 20.4 Å². The number of carbonyl (C=O) groups is 5. The van der Waals surface area contributed by atoms with Gasteiger partial charge < -0.3 is 20.3 Å². The van der Waals surface area contributed by atoms with Crippen LogP contribution in [0.25, 0.3) is 0 Å². The second kappa shape index (κ2) is 8.52. The van der Waals surface area contributed by atoms with E-state index in [2.05, 4.69) is 10.6 Å². The number of fused-ring (bicyclic) bond motifs is 2. The van der Waals surface area contributed by atoms with Crippen molar-refractivity contribution in [2.75, 3.05) is 33.8 Å². The van der Waals surface area contributed by atoms with Crippen LogP contribution in [0.3, 0.4) is 0 Å². The molecule has 1 atom stereocenters. The zero-order chi connectivity index (χ0) is 21.9. The number of urea groups is 1. The minimum absolute atomic E-state index is 0.224. The highest BCUT2D eigenvalue weighted by Gasteiger charge is 2.54. The van der Waals surface area contributed by atoms with Crippen LogP contribution in [-0.2, 0) is 35.9 Å². The van der Waals surface area contributed by atoms with Crippen LogP contribution < -0.4 is 10.6 Å². The Morgan fingerprint density at radius 3 is 2.70 bits per heavy atom. The van der Waals surface area contributed by atoms with Gasteiger partial charge in [0.25, 0.3) is 11.8 Å². The van der Waals surface area contributed by atoms with Crippen molar-refractivity contribution in [3.05, 3.63) is 35.4 Å². The van der Waals surface area contributed by atoms with Crippen LogP contribution in [0.5, 0.6) is 0 Å². The summed E-state index contributed by atoms with van der Waals surface area (Å²) in [5, 5.41) is 5.07. The third-order valence-corrected chi connectivity index (χ3v) is 5.24. The molecule has 0 aromatic heterocycles. The number of aryl methyl sites for hydroxylation is 1. The predicted molar refractivity (Wildman–Crippen MR) is 104 cm³/mol. The van der Waals surface area contributed by atoms with Crippen molar-refractivity contribution in [2.24, 2.45) is 0 Å². The van der Waals surface area contributed by atoms with E-state index in [9.17, 15) is 24.0 Å². The maximum absolute atomic E-state index is 13.1. The van der Waals surface area contributed by atoms with Gasteiger partial charge in [-0.1, -0.05) is 24.3 Å². The van der Waals surface area contributed by atoms with E-state index >= 15 is 0 Å². The number of rotatable bonds is 6. The molecule has 0 radical (unpaired) electrons. The topological polar surface area (TPSA) is 125 Å². The number of esters is 1. The molecule has 1 spiro atoms. The molecule has 10 heteroatoms. The first-order chi connectivity index (χ1) is 14.2. The lowest BCUT2D eigenvalue weighted by atomic mass is 9.76. The van der Waals surface area contributed by atoms with Gasteiger partial charge in [0, 0.05) is 14.1 Å². The Morgan fingerprint density at radius 2 is 1.97 bits per heavy atom. The Morgan fingerprint density at radius 1 is 1.23 bits per heavy atom. The number of imide groups is 1. The fourth-order valence-electron chi connectivity index (χ4n) is 3.66. The fourth-order valence-corrected chi connectivity index (χ4v) is 3.66. The van der Waals surface area contributed by atoms with Gasteiger partial charge in [0.2, 0.25) is 5.91 Å². The van der Waals surface area contributed by atoms with Crippen LogP contribution in [0.15, 0.2) is 24.3 Å². The van der Waals surface area contributed by atoms with E-state index in [0.29, 0.717) is 6.42 Å². The molecule has 0 unspecified atom stereocenters. The van der Waals surface area contributed by atoms with E-state index in [1.54, 1.807) is 14.1 Å². The Bertz CT molecular complexity index is 899. The molecule has 1 saturated heterocycles. The molecule has 1 aromatic rings. The number of hydrogen-bond acceptors (Lipinski definition) is 6. The lowest BCUT2D eigenvalue weighted by molar-refractivity contribution is -0.151. The molecule has 1 fully saturated rings. The number of hydrogen-bond donors (Lipinski definition) is 2. The van der Waals surface area contributed by atoms with Crippen molar-refractivity contribution < 1.29 is 28.7 Å². The van der Waals surface area contributed by atoms with Crippen LogP contribution >= 0.6 is 0 Å². The van der Waals surface area contributed by atoms with Gasteiger partial charge >= 0.3 is 12.0 Å². The summed E-state index contributed by atoms with van der Waals surface area (Å²) in [5.74, 6) is -2.37. The Labute approximate surface area is 173 Å². The smallest absolute Gasteiger partial charge is 0.326 e. The largest absolute Gasteiger partial charge is 0.454 e. The average Bonchev–Trinajstić information content (AvgIpc) is 2.95. The fraction of sp³-hybridized carbons (Fsp3) is 0.450. The molecule has 1 heterocycles. The molecular weight excluding hydrogens is 392 g/mol. The quantitative estimate of drug-likeness (QED) is 0.477. The van der Waals surface area contributed by atoms with Gasteiger partial charge in [-0.05, 0) is 30.4 Å². The van der Waals surface area contributed by atoms with Crippen LogP contribution in [0.4, 0.5) is 4.79 Å². The standard InChI is InChI=1S/C20H24N4O6/c1-23(2)16(26)10-21-15(25)12-30-17(27)11-24-18(28)20(22-19(24)29)9-5-7-13-6-3-4-8-14(13)20/h3-4,6,8H,5,7,9-12H2,1-2H3,(H,21,25)(H,22,29)/t20-/m1/s1. The first-order valence-corrected chi connectivity index (χ1v) is 9.59. The van der Waals surface area contributed by atoms with E-state index in [1.807, 2.05) is 24.3 Å². The minimum atomic E-state index is -1.17. The third kappa shape index (κ3) is 4.12. The highest BCUT2D eigenvalue weighted by Crippen LogP contribution is 2.39. The van der Waals surface area contributed by atoms with E-state index in [1.165, 1.54) is 4.90 Å². The molecule has 160 valence electrons. The normalized spacial score (nSPS) is 19.9. The van der Waals surface area contributed by atoms with Crippen molar-refractivity contribution in [3.8, 4) is 0 Å². The summed E-state index contributed by atoms with van der Waals surface area (Å²) >= 11 is 0. The molecule has 10 nitrogen and oxygen atoms in total. The number of nitrogens with one attached hydrogen (secondary N) is 2. The van der Waals surface area contributed by atoms with Crippen LogP contribution in [0, 0.1) is 0 Å². The van der Waals surface area contributed by atoms with E-state index in [-0.39, 0.29) is 12.5 Å². The zero-order valence-corrected chi connectivity index (χ0v) is 16.9. The summed E-state index contributed by atoms with van der Waals surface area (Å²) in [7, 11) is 3.09. The van der Waals surface area contributed by atoms with E-state index in [0.717, 1.165) is 28.9 Å². The summed E-state index contributed by atoms with van der Waals surface area (Å²) < 4.78 is 4.85. The van der Waals surface area contributed by atoms with Crippen LogP contribution in [-0.4, -0.2) is 73.3 Å². The number of benzene rings is 1. The molecule has 3 rings (SSSR count). The molecule has 2 aliphatic rings. The zero-order valence-electron chi connectivity index (χ0n) is 16.9. The van der Waals surface area contributed by atoms with Gasteiger partial charge in [-0.15, -0.1) is 0 Å². The highest BCUT2D eigenvalue weighted by molar-refractivity contribution is 6.09. The molecule has 30 heavy (non-hydrogen) atoms. The SMILES string of the molecule is CN(C)C(=O)CNC(=O)COC(=O)CN1C(=O)N[C@@]2(CCCc3ccccc32)C1=O.